The van der Waals surface area contributed by atoms with Crippen LogP contribution in [0.1, 0.15) is 18.2 Å². The molecule has 0 unspecified atom stereocenters. The molecule has 26 heavy (non-hydrogen) atoms. The fourth-order valence-corrected chi connectivity index (χ4v) is 3.51. The number of nitrogens with zero attached hydrogens (tertiary/aromatic N) is 2. The number of pyridine rings is 2. The number of fused-ring (bicyclic) bond motifs is 1. The highest BCUT2D eigenvalue weighted by molar-refractivity contribution is 5.96. The first kappa shape index (κ1) is 15.3. The summed E-state index contributed by atoms with van der Waals surface area (Å²) in [7, 11) is 2.05. The van der Waals surface area contributed by atoms with Gasteiger partial charge in [-0.15, -0.1) is 0 Å². The predicted octanol–water partition coefficient (Wildman–Crippen LogP) is 5.32. The largest absolute Gasteiger partial charge is 0.264 e. The van der Waals surface area contributed by atoms with Gasteiger partial charge in [-0.2, -0.15) is 4.57 Å². The van der Waals surface area contributed by atoms with Crippen molar-refractivity contribution in [1.82, 2.24) is 4.98 Å². The van der Waals surface area contributed by atoms with Gasteiger partial charge in [0.05, 0.1) is 6.76 Å². The van der Waals surface area contributed by atoms with Crippen molar-refractivity contribution in [3.05, 3.63) is 83.8 Å². The highest BCUT2D eigenvalue weighted by atomic mass is 14.9. The van der Waals surface area contributed by atoms with Crippen LogP contribution in [0.2, 0.25) is 0 Å². The Morgan fingerprint density at radius 1 is 0.962 bits per heavy atom. The molecule has 0 fully saturated rings. The van der Waals surface area contributed by atoms with Gasteiger partial charge in [-0.1, -0.05) is 29.8 Å². The molecule has 0 aliphatic carbocycles. The van der Waals surface area contributed by atoms with E-state index in [-0.39, 0.29) is 0 Å². The Morgan fingerprint density at radius 2 is 1.81 bits per heavy atom. The van der Waals surface area contributed by atoms with Crippen LogP contribution in [0, 0.1) is 20.8 Å². The van der Waals surface area contributed by atoms with E-state index in [1.165, 1.54) is 16.7 Å². The monoisotopic (exact) mass is 340 g/mol. The minimum Gasteiger partial charge on any atom is -0.264 e. The lowest BCUT2D eigenvalue weighted by Gasteiger charge is -2.12. The van der Waals surface area contributed by atoms with E-state index in [1.54, 1.807) is 6.20 Å². The van der Waals surface area contributed by atoms with Gasteiger partial charge in [0, 0.05) is 36.5 Å². The highest BCUT2D eigenvalue weighted by Crippen LogP contribution is 2.32. The first-order chi connectivity index (χ1) is 13.0. The zero-order chi connectivity index (χ0) is 19.1. The van der Waals surface area contributed by atoms with Crippen LogP contribution in [-0.4, -0.2) is 4.98 Å². The zero-order valence-corrected chi connectivity index (χ0v) is 15.7. The van der Waals surface area contributed by atoms with E-state index in [1.807, 2.05) is 19.2 Å². The van der Waals surface area contributed by atoms with Crippen LogP contribution in [0.3, 0.4) is 0 Å². The molecule has 2 heterocycles. The lowest BCUT2D eigenvalue weighted by Crippen LogP contribution is -2.35. The quantitative estimate of drug-likeness (QED) is 0.451. The first-order valence-electron chi connectivity index (χ1n) is 9.38. The standard InChI is InChI=1S/C24H23N2/c1-16-7-8-17(2)23(12-16)24-22-10-9-19(20-6-5-11-25-15-20)14-21(22)13-18(3)26(24)4/h5-15H,1-4H3/q+1/i13D. The van der Waals surface area contributed by atoms with Crippen molar-refractivity contribution in [2.75, 3.05) is 0 Å². The fraction of sp³-hybridized carbons (Fsp3) is 0.167. The van der Waals surface area contributed by atoms with E-state index in [4.69, 9.17) is 1.37 Å². The van der Waals surface area contributed by atoms with Crippen molar-refractivity contribution in [1.29, 1.82) is 0 Å². The molecular formula is C24H23N2+. The maximum atomic E-state index is 8.71. The zero-order valence-electron chi connectivity index (χ0n) is 16.7. The van der Waals surface area contributed by atoms with Gasteiger partial charge in [0.2, 0.25) is 5.69 Å². The molecule has 0 amide bonds. The Labute approximate surface area is 156 Å². The molecule has 128 valence electrons. The first-order valence-corrected chi connectivity index (χ1v) is 8.88. The van der Waals surface area contributed by atoms with Gasteiger partial charge in [-0.3, -0.25) is 4.98 Å². The fourth-order valence-electron chi connectivity index (χ4n) is 3.51. The minimum absolute atomic E-state index is 0.576. The van der Waals surface area contributed by atoms with Crippen LogP contribution in [-0.2, 0) is 7.05 Å². The van der Waals surface area contributed by atoms with Gasteiger partial charge in [-0.25, -0.2) is 0 Å². The molecule has 0 saturated carbocycles. The Balaban J connectivity index is 2.07. The summed E-state index contributed by atoms with van der Waals surface area (Å²) in [6, 6.07) is 17.5. The number of aryl methyl sites for hydroxylation is 2. The second-order valence-electron chi connectivity index (χ2n) is 6.94. The lowest BCUT2D eigenvalue weighted by molar-refractivity contribution is -0.665. The second kappa shape index (κ2) is 6.38. The van der Waals surface area contributed by atoms with Crippen molar-refractivity contribution < 1.29 is 5.94 Å². The van der Waals surface area contributed by atoms with Gasteiger partial charge in [-0.05, 0) is 54.6 Å². The summed E-state index contributed by atoms with van der Waals surface area (Å²) >= 11 is 0. The van der Waals surface area contributed by atoms with Crippen LogP contribution in [0.15, 0.2) is 67.0 Å². The third-order valence-corrected chi connectivity index (χ3v) is 5.07. The third kappa shape index (κ3) is 2.78. The molecule has 0 aliphatic heterocycles. The molecule has 2 heteroatoms. The molecule has 0 aliphatic rings. The van der Waals surface area contributed by atoms with Crippen LogP contribution >= 0.6 is 0 Å². The van der Waals surface area contributed by atoms with Crippen LogP contribution in [0.25, 0.3) is 33.2 Å². The molecule has 4 rings (SSSR count). The Morgan fingerprint density at radius 3 is 2.58 bits per heavy atom. The van der Waals surface area contributed by atoms with Crippen LogP contribution < -0.4 is 4.57 Å². The van der Waals surface area contributed by atoms with E-state index in [0.717, 1.165) is 33.3 Å². The van der Waals surface area contributed by atoms with Gasteiger partial charge < -0.3 is 0 Å². The van der Waals surface area contributed by atoms with Gasteiger partial charge in [0.15, 0.2) is 5.69 Å². The molecule has 0 bridgehead atoms. The van der Waals surface area contributed by atoms with E-state index < -0.39 is 0 Å². The lowest BCUT2D eigenvalue weighted by atomic mass is 9.95. The summed E-state index contributed by atoms with van der Waals surface area (Å²) in [5.74, 6) is 0. The van der Waals surface area contributed by atoms with E-state index >= 15 is 0 Å². The van der Waals surface area contributed by atoms with Crippen LogP contribution in [0.4, 0.5) is 0 Å². The predicted molar refractivity (Wildman–Crippen MR) is 108 cm³/mol. The average Bonchev–Trinajstić information content (AvgIpc) is 2.69. The molecule has 2 aromatic carbocycles. The summed E-state index contributed by atoms with van der Waals surface area (Å²) in [6.45, 7) is 6.29. The number of rotatable bonds is 2. The minimum atomic E-state index is 0.576. The molecule has 0 saturated heterocycles. The van der Waals surface area contributed by atoms with Gasteiger partial charge in [0.1, 0.15) is 7.05 Å². The van der Waals surface area contributed by atoms with E-state index in [0.29, 0.717) is 6.04 Å². The van der Waals surface area contributed by atoms with E-state index in [9.17, 15) is 0 Å². The van der Waals surface area contributed by atoms with Crippen molar-refractivity contribution in [3.63, 3.8) is 0 Å². The molecule has 0 N–H and O–H groups in total. The number of aromatic nitrogens is 2. The molecule has 0 spiro atoms. The van der Waals surface area contributed by atoms with Gasteiger partial charge >= 0.3 is 0 Å². The maximum Gasteiger partial charge on any atom is 0.220 e. The smallest absolute Gasteiger partial charge is 0.220 e. The molecule has 0 atom stereocenters. The second-order valence-corrected chi connectivity index (χ2v) is 6.94. The summed E-state index contributed by atoms with van der Waals surface area (Å²) in [4.78, 5) is 4.23. The molecule has 0 radical (unpaired) electrons. The average molecular weight is 340 g/mol. The Bertz CT molecular complexity index is 1160. The summed E-state index contributed by atoms with van der Waals surface area (Å²) in [5.41, 5.74) is 7.98. The molecule has 2 aromatic heterocycles. The van der Waals surface area contributed by atoms with Crippen LogP contribution in [0.5, 0.6) is 0 Å². The molecular weight excluding hydrogens is 316 g/mol. The topological polar surface area (TPSA) is 16.8 Å². The van der Waals surface area contributed by atoms with Crippen molar-refractivity contribution in [2.24, 2.45) is 7.05 Å². The summed E-state index contributed by atoms with van der Waals surface area (Å²) in [5, 5.41) is 2.08. The maximum absolute atomic E-state index is 8.71. The molecule has 2 nitrogen and oxygen atoms in total. The number of hydrogen-bond donors (Lipinski definition) is 0. The summed E-state index contributed by atoms with van der Waals surface area (Å²) < 4.78 is 10.9. The summed E-state index contributed by atoms with van der Waals surface area (Å²) in [6.07, 6.45) is 3.65. The van der Waals surface area contributed by atoms with Crippen molar-refractivity contribution >= 4 is 10.8 Å². The van der Waals surface area contributed by atoms with Crippen molar-refractivity contribution in [3.8, 4) is 22.4 Å². The Hall–Kier alpha value is -3.00. The number of benzene rings is 2. The molecule has 4 aromatic rings. The van der Waals surface area contributed by atoms with Gasteiger partial charge in [0.25, 0.3) is 0 Å². The third-order valence-electron chi connectivity index (χ3n) is 5.07. The highest BCUT2D eigenvalue weighted by Gasteiger charge is 2.20. The van der Waals surface area contributed by atoms with E-state index in [2.05, 4.69) is 72.9 Å². The Kier molecular flexibility index (Phi) is 3.75. The van der Waals surface area contributed by atoms with Crippen molar-refractivity contribution in [2.45, 2.75) is 20.8 Å². The normalized spacial score (nSPS) is 11.6. The SMILES string of the molecule is [2H]c1c(C)[n+](C)c(-c2cc(C)ccc2C)c2ccc(-c3cccnc3)cc12. The number of hydrogen-bond acceptors (Lipinski definition) is 1.